The largest absolute Gasteiger partial charge is 0.480 e. The minimum Gasteiger partial charge on any atom is -0.480 e. The predicted octanol–water partition coefficient (Wildman–Crippen LogP) is 7.54. The van der Waals surface area contributed by atoms with Gasteiger partial charge >= 0.3 is 18.0 Å². The number of rotatable bonds is 12. The number of amides is 2. The van der Waals surface area contributed by atoms with Gasteiger partial charge in [0.25, 0.3) is 0 Å². The van der Waals surface area contributed by atoms with E-state index in [-0.39, 0.29) is 24.8 Å². The summed E-state index contributed by atoms with van der Waals surface area (Å²) in [5.74, 6) is -1.65. The number of esters is 1. The molecule has 0 aliphatic rings. The molecule has 48 heavy (non-hydrogen) atoms. The zero-order valence-electron chi connectivity index (χ0n) is 26.6. The van der Waals surface area contributed by atoms with E-state index in [4.69, 9.17) is 4.74 Å². The highest BCUT2D eigenvalue weighted by Crippen LogP contribution is 2.26. The molecule has 0 spiro atoms. The summed E-state index contributed by atoms with van der Waals surface area (Å²) in [6.45, 7) is 2.02. The molecule has 0 aliphatic heterocycles. The first-order chi connectivity index (χ1) is 23.2. The molecule has 5 aromatic carbocycles. The van der Waals surface area contributed by atoms with Crippen LogP contribution in [0.3, 0.4) is 0 Å². The van der Waals surface area contributed by atoms with Crippen LogP contribution >= 0.6 is 0 Å². The van der Waals surface area contributed by atoms with Gasteiger partial charge in [-0.1, -0.05) is 78.9 Å². The monoisotopic (exact) mass is 641 g/mol. The molecular formula is C39H35N3O6. The summed E-state index contributed by atoms with van der Waals surface area (Å²) in [5.41, 5.74) is 5.53. The molecule has 0 radical (unpaired) electrons. The molecule has 2 amide bonds. The molecule has 0 aromatic heterocycles. The SMILES string of the molecule is CCOC(=O)c1ccc(NC(=O)N(C)c2cccc(-c3ccc(CC(Nc4ccccc4C(=O)c4ccccc4)C(=O)O)cc3)c2)cc1. The fourth-order valence-corrected chi connectivity index (χ4v) is 5.13. The van der Waals surface area contributed by atoms with Gasteiger partial charge in [0.2, 0.25) is 0 Å². The average molecular weight is 642 g/mol. The lowest BCUT2D eigenvalue weighted by Gasteiger charge is -2.19. The number of carbonyl (C=O) groups is 4. The normalized spacial score (nSPS) is 11.2. The number of urea groups is 1. The number of anilines is 3. The first-order valence-electron chi connectivity index (χ1n) is 15.4. The van der Waals surface area contributed by atoms with E-state index in [1.54, 1.807) is 86.8 Å². The Labute approximate surface area is 278 Å². The summed E-state index contributed by atoms with van der Waals surface area (Å²) in [6, 6.07) is 36.0. The molecule has 242 valence electrons. The van der Waals surface area contributed by atoms with E-state index in [2.05, 4.69) is 10.6 Å². The second-order valence-corrected chi connectivity index (χ2v) is 11.0. The van der Waals surface area contributed by atoms with Crippen molar-refractivity contribution in [1.29, 1.82) is 0 Å². The molecule has 1 unspecified atom stereocenters. The zero-order valence-corrected chi connectivity index (χ0v) is 26.6. The zero-order chi connectivity index (χ0) is 34.0. The Balaban J connectivity index is 1.25. The van der Waals surface area contributed by atoms with Gasteiger partial charge < -0.3 is 20.5 Å². The lowest BCUT2D eigenvalue weighted by Crippen LogP contribution is -2.32. The Hall–Kier alpha value is -6.22. The lowest BCUT2D eigenvalue weighted by molar-refractivity contribution is -0.137. The van der Waals surface area contributed by atoms with Crippen molar-refractivity contribution in [2.45, 2.75) is 19.4 Å². The lowest BCUT2D eigenvalue weighted by atomic mass is 9.98. The standard InChI is InChI=1S/C39H35N3O6/c1-3-48-38(46)29-20-22-31(23-21-29)40-39(47)42(2)32-13-9-12-30(25-32)27-18-16-26(17-19-27)24-35(37(44)45)41-34-15-8-7-14-33(34)36(43)28-10-5-4-6-11-28/h4-23,25,35,41H,3,24H2,1-2H3,(H,40,47)(H,44,45). The van der Waals surface area contributed by atoms with E-state index in [1.165, 1.54) is 4.90 Å². The Kier molecular flexibility index (Phi) is 10.6. The van der Waals surface area contributed by atoms with Crippen molar-refractivity contribution < 1.29 is 29.0 Å². The third-order valence-corrected chi connectivity index (χ3v) is 7.75. The van der Waals surface area contributed by atoms with E-state index in [1.807, 2.05) is 54.6 Å². The molecule has 0 heterocycles. The maximum Gasteiger partial charge on any atom is 0.338 e. The minimum absolute atomic E-state index is 0.188. The van der Waals surface area contributed by atoms with Crippen LogP contribution in [0.15, 0.2) is 127 Å². The van der Waals surface area contributed by atoms with Crippen LogP contribution in [0.1, 0.15) is 38.8 Å². The topological polar surface area (TPSA) is 125 Å². The van der Waals surface area contributed by atoms with Crippen LogP contribution in [0.2, 0.25) is 0 Å². The van der Waals surface area contributed by atoms with Gasteiger partial charge in [0.1, 0.15) is 6.04 Å². The van der Waals surface area contributed by atoms with Gasteiger partial charge in [-0.25, -0.2) is 14.4 Å². The van der Waals surface area contributed by atoms with Crippen LogP contribution in [-0.4, -0.2) is 48.6 Å². The van der Waals surface area contributed by atoms with Gasteiger partial charge in [-0.15, -0.1) is 0 Å². The molecule has 3 N–H and O–H groups in total. The molecule has 0 aliphatic carbocycles. The van der Waals surface area contributed by atoms with E-state index >= 15 is 0 Å². The van der Waals surface area contributed by atoms with Gasteiger partial charge in [0.15, 0.2) is 5.78 Å². The molecule has 9 nitrogen and oxygen atoms in total. The molecule has 0 fully saturated rings. The van der Waals surface area contributed by atoms with E-state index < -0.39 is 18.0 Å². The number of aliphatic carboxylic acids is 1. The summed E-state index contributed by atoms with van der Waals surface area (Å²) >= 11 is 0. The van der Waals surface area contributed by atoms with Crippen molar-refractivity contribution in [3.8, 4) is 11.1 Å². The first-order valence-corrected chi connectivity index (χ1v) is 15.4. The molecule has 0 saturated heterocycles. The summed E-state index contributed by atoms with van der Waals surface area (Å²) in [5, 5.41) is 15.9. The third kappa shape index (κ3) is 8.13. The van der Waals surface area contributed by atoms with Crippen molar-refractivity contribution in [2.24, 2.45) is 0 Å². The van der Waals surface area contributed by atoms with E-state index in [9.17, 15) is 24.3 Å². The number of hydrogen-bond acceptors (Lipinski definition) is 6. The van der Waals surface area contributed by atoms with Crippen LogP contribution in [-0.2, 0) is 16.0 Å². The van der Waals surface area contributed by atoms with Crippen LogP contribution in [0.25, 0.3) is 11.1 Å². The van der Waals surface area contributed by atoms with Crippen molar-refractivity contribution in [1.82, 2.24) is 0 Å². The quantitative estimate of drug-likeness (QED) is 0.0950. The summed E-state index contributed by atoms with van der Waals surface area (Å²) in [4.78, 5) is 51.8. The van der Waals surface area contributed by atoms with Crippen molar-refractivity contribution in [3.63, 3.8) is 0 Å². The highest BCUT2D eigenvalue weighted by molar-refractivity contribution is 6.12. The van der Waals surface area contributed by atoms with E-state index in [0.717, 1.165) is 16.7 Å². The number of para-hydroxylation sites is 1. The average Bonchev–Trinajstić information content (AvgIpc) is 3.12. The Bertz CT molecular complexity index is 1910. The number of hydrogen-bond donors (Lipinski definition) is 3. The van der Waals surface area contributed by atoms with Crippen LogP contribution in [0, 0.1) is 0 Å². The molecule has 0 bridgehead atoms. The van der Waals surface area contributed by atoms with Crippen LogP contribution in [0.4, 0.5) is 21.9 Å². The smallest absolute Gasteiger partial charge is 0.338 e. The molecule has 5 rings (SSSR count). The van der Waals surface area contributed by atoms with Gasteiger partial charge in [-0.2, -0.15) is 0 Å². The van der Waals surface area contributed by atoms with Crippen LogP contribution in [0.5, 0.6) is 0 Å². The highest BCUT2D eigenvalue weighted by Gasteiger charge is 2.21. The first kappa shape index (κ1) is 33.2. The number of nitrogens with one attached hydrogen (secondary N) is 2. The molecule has 9 heteroatoms. The molecular weight excluding hydrogens is 606 g/mol. The number of nitrogens with zero attached hydrogens (tertiary/aromatic N) is 1. The number of ether oxygens (including phenoxy) is 1. The maximum atomic E-state index is 13.2. The van der Waals surface area contributed by atoms with Crippen molar-refractivity contribution in [3.05, 3.63) is 150 Å². The maximum absolute atomic E-state index is 13.2. The third-order valence-electron chi connectivity index (χ3n) is 7.75. The minimum atomic E-state index is -1.04. The van der Waals surface area contributed by atoms with E-state index in [0.29, 0.717) is 33.8 Å². The van der Waals surface area contributed by atoms with Gasteiger partial charge in [-0.05, 0) is 72.1 Å². The van der Waals surface area contributed by atoms with Crippen molar-refractivity contribution in [2.75, 3.05) is 29.2 Å². The number of carboxylic acid groups (broad SMARTS) is 1. The van der Waals surface area contributed by atoms with Gasteiger partial charge in [0, 0.05) is 41.7 Å². The summed E-state index contributed by atoms with van der Waals surface area (Å²) in [7, 11) is 1.66. The Morgan fingerprint density at radius 1 is 0.750 bits per heavy atom. The molecule has 1 atom stereocenters. The Morgan fingerprint density at radius 2 is 1.44 bits per heavy atom. The predicted molar refractivity (Wildman–Crippen MR) is 187 cm³/mol. The van der Waals surface area contributed by atoms with Crippen molar-refractivity contribution >= 4 is 40.8 Å². The molecule has 0 saturated carbocycles. The summed E-state index contributed by atoms with van der Waals surface area (Å²) < 4.78 is 5.00. The van der Waals surface area contributed by atoms with Gasteiger partial charge in [-0.3, -0.25) is 9.69 Å². The second kappa shape index (κ2) is 15.4. The molecule has 5 aromatic rings. The fraction of sp³-hybridized carbons (Fsp3) is 0.128. The Morgan fingerprint density at radius 3 is 2.12 bits per heavy atom. The second-order valence-electron chi connectivity index (χ2n) is 11.0. The number of ketones is 1. The number of carbonyl (C=O) groups excluding carboxylic acids is 3. The van der Waals surface area contributed by atoms with Crippen LogP contribution < -0.4 is 15.5 Å². The fourth-order valence-electron chi connectivity index (χ4n) is 5.13. The highest BCUT2D eigenvalue weighted by atomic mass is 16.5. The van der Waals surface area contributed by atoms with Gasteiger partial charge in [0.05, 0.1) is 12.2 Å². The summed E-state index contributed by atoms with van der Waals surface area (Å²) in [6.07, 6.45) is 0.188. The number of benzene rings is 5. The number of carboxylic acids is 1.